The Morgan fingerprint density at radius 2 is 1.54 bits per heavy atom. The van der Waals surface area contributed by atoms with E-state index in [1.54, 1.807) is 42.5 Å². The van der Waals surface area contributed by atoms with Crippen molar-refractivity contribution < 1.29 is 22.7 Å². The lowest BCUT2D eigenvalue weighted by Crippen LogP contribution is -2.52. The zero-order valence-corrected chi connectivity index (χ0v) is 23.8. The number of sulfonamides is 1. The van der Waals surface area contributed by atoms with Gasteiger partial charge in [-0.1, -0.05) is 49.4 Å². The van der Waals surface area contributed by atoms with Crippen molar-refractivity contribution in [2.24, 2.45) is 0 Å². The van der Waals surface area contributed by atoms with E-state index in [2.05, 4.69) is 5.32 Å². The van der Waals surface area contributed by atoms with Crippen LogP contribution in [0.15, 0.2) is 83.8 Å². The minimum atomic E-state index is -4.11. The molecule has 0 saturated heterocycles. The van der Waals surface area contributed by atoms with Gasteiger partial charge < -0.3 is 15.0 Å². The standard InChI is InChI=1S/C30H37N3O5S/c1-5-28(30(35)31-6-2)32(21-24-14-12-11-13-23(24)4)29(34)22-33(25-17-19-26(20-18-25)38-7-3)39(36,37)27-15-9-8-10-16-27/h8-20,28H,5-7,21-22H2,1-4H3,(H,31,35)/t28-/m1/s1. The summed E-state index contributed by atoms with van der Waals surface area (Å²) >= 11 is 0. The zero-order valence-electron chi connectivity index (χ0n) is 23.0. The molecule has 0 unspecified atom stereocenters. The highest BCUT2D eigenvalue weighted by Gasteiger charge is 2.33. The molecule has 0 radical (unpaired) electrons. The maximum atomic E-state index is 14.0. The van der Waals surface area contributed by atoms with Gasteiger partial charge >= 0.3 is 0 Å². The predicted octanol–water partition coefficient (Wildman–Crippen LogP) is 4.53. The quantitative estimate of drug-likeness (QED) is 0.337. The van der Waals surface area contributed by atoms with E-state index in [-0.39, 0.29) is 17.3 Å². The molecule has 0 spiro atoms. The summed E-state index contributed by atoms with van der Waals surface area (Å²) in [6, 6.07) is 21.4. The number of rotatable bonds is 13. The summed E-state index contributed by atoms with van der Waals surface area (Å²) in [5, 5.41) is 2.81. The van der Waals surface area contributed by atoms with Crippen LogP contribution < -0.4 is 14.4 Å². The van der Waals surface area contributed by atoms with Gasteiger partial charge in [0.15, 0.2) is 0 Å². The summed E-state index contributed by atoms with van der Waals surface area (Å²) in [6.45, 7) is 8.04. The number of nitrogens with one attached hydrogen (secondary N) is 1. The van der Waals surface area contributed by atoms with E-state index in [0.717, 1.165) is 15.4 Å². The van der Waals surface area contributed by atoms with Crippen molar-refractivity contribution in [3.8, 4) is 5.75 Å². The molecule has 0 fully saturated rings. The van der Waals surface area contributed by atoms with Crippen LogP contribution in [-0.2, 0) is 26.2 Å². The van der Waals surface area contributed by atoms with Crippen LogP contribution in [0, 0.1) is 6.92 Å². The first kappa shape index (κ1) is 29.7. The Morgan fingerprint density at radius 3 is 2.13 bits per heavy atom. The fourth-order valence-corrected chi connectivity index (χ4v) is 5.74. The van der Waals surface area contributed by atoms with Crippen molar-refractivity contribution in [2.45, 2.75) is 51.6 Å². The Hall–Kier alpha value is -3.85. The van der Waals surface area contributed by atoms with Gasteiger partial charge in [-0.15, -0.1) is 0 Å². The molecule has 3 aromatic rings. The zero-order chi connectivity index (χ0) is 28.4. The second kappa shape index (κ2) is 13.8. The van der Waals surface area contributed by atoms with Gasteiger partial charge in [0.05, 0.1) is 17.2 Å². The lowest BCUT2D eigenvalue weighted by atomic mass is 10.1. The van der Waals surface area contributed by atoms with Gasteiger partial charge in [-0.05, 0) is 74.7 Å². The van der Waals surface area contributed by atoms with Gasteiger partial charge in [0.25, 0.3) is 10.0 Å². The van der Waals surface area contributed by atoms with Crippen LogP contribution in [0.4, 0.5) is 5.69 Å². The highest BCUT2D eigenvalue weighted by Crippen LogP contribution is 2.27. The van der Waals surface area contributed by atoms with Gasteiger partial charge in [-0.2, -0.15) is 0 Å². The van der Waals surface area contributed by atoms with Crippen LogP contribution in [0.1, 0.15) is 38.3 Å². The Morgan fingerprint density at radius 1 is 0.897 bits per heavy atom. The van der Waals surface area contributed by atoms with Crippen LogP contribution in [0.25, 0.3) is 0 Å². The van der Waals surface area contributed by atoms with Gasteiger partial charge in [-0.25, -0.2) is 8.42 Å². The Balaban J connectivity index is 2.05. The molecule has 9 heteroatoms. The normalized spacial score (nSPS) is 11.9. The average molecular weight is 552 g/mol. The van der Waals surface area contributed by atoms with Crippen LogP contribution >= 0.6 is 0 Å². The third-order valence-electron chi connectivity index (χ3n) is 6.38. The summed E-state index contributed by atoms with van der Waals surface area (Å²) in [5.74, 6) is -0.168. The number of aryl methyl sites for hydroxylation is 1. The van der Waals surface area contributed by atoms with Crippen LogP contribution in [0.2, 0.25) is 0 Å². The topological polar surface area (TPSA) is 96.0 Å². The molecule has 0 aromatic heterocycles. The van der Waals surface area contributed by atoms with E-state index in [1.165, 1.54) is 17.0 Å². The molecule has 2 amide bonds. The number of benzene rings is 3. The second-order valence-electron chi connectivity index (χ2n) is 9.02. The average Bonchev–Trinajstić information content (AvgIpc) is 2.94. The van der Waals surface area contributed by atoms with E-state index in [0.29, 0.717) is 31.0 Å². The molecular weight excluding hydrogens is 514 g/mol. The van der Waals surface area contributed by atoms with Crippen molar-refractivity contribution in [1.29, 1.82) is 0 Å². The third kappa shape index (κ3) is 7.38. The number of hydrogen-bond donors (Lipinski definition) is 1. The molecule has 39 heavy (non-hydrogen) atoms. The van der Waals surface area contributed by atoms with Crippen molar-refractivity contribution in [1.82, 2.24) is 10.2 Å². The molecule has 1 atom stereocenters. The van der Waals surface area contributed by atoms with E-state index in [9.17, 15) is 18.0 Å². The van der Waals surface area contributed by atoms with Crippen molar-refractivity contribution in [3.05, 3.63) is 90.0 Å². The van der Waals surface area contributed by atoms with Crippen LogP contribution in [-0.4, -0.2) is 50.9 Å². The fraction of sp³-hybridized carbons (Fsp3) is 0.333. The number of ether oxygens (including phenoxy) is 1. The predicted molar refractivity (Wildman–Crippen MR) is 153 cm³/mol. The Bertz CT molecular complexity index is 1340. The summed E-state index contributed by atoms with van der Waals surface area (Å²) in [5.41, 5.74) is 2.17. The Labute approximate surface area is 231 Å². The van der Waals surface area contributed by atoms with Crippen molar-refractivity contribution in [2.75, 3.05) is 24.0 Å². The number of nitrogens with zero attached hydrogens (tertiary/aromatic N) is 2. The number of carbonyl (C=O) groups is 2. The largest absolute Gasteiger partial charge is 0.494 e. The molecule has 8 nitrogen and oxygen atoms in total. The van der Waals surface area contributed by atoms with Crippen LogP contribution in [0.5, 0.6) is 5.75 Å². The first-order valence-electron chi connectivity index (χ1n) is 13.1. The molecule has 0 aliphatic rings. The smallest absolute Gasteiger partial charge is 0.264 e. The number of carbonyl (C=O) groups excluding carboxylic acids is 2. The lowest BCUT2D eigenvalue weighted by Gasteiger charge is -2.33. The van der Waals surface area contributed by atoms with Gasteiger partial charge in [0, 0.05) is 13.1 Å². The van der Waals surface area contributed by atoms with E-state index >= 15 is 0 Å². The number of likely N-dealkylation sites (N-methyl/N-ethyl adjacent to an activating group) is 1. The van der Waals surface area contributed by atoms with Gasteiger partial charge in [-0.3, -0.25) is 13.9 Å². The molecule has 0 heterocycles. The molecule has 3 aromatic carbocycles. The van der Waals surface area contributed by atoms with Crippen molar-refractivity contribution in [3.63, 3.8) is 0 Å². The summed E-state index contributed by atoms with van der Waals surface area (Å²) in [6.07, 6.45) is 0.373. The molecule has 3 rings (SSSR count). The fourth-order valence-electron chi connectivity index (χ4n) is 4.31. The molecule has 0 aliphatic heterocycles. The molecule has 0 saturated carbocycles. The Kier molecular flexibility index (Phi) is 10.5. The van der Waals surface area contributed by atoms with Gasteiger partial charge in [0.1, 0.15) is 18.3 Å². The molecule has 208 valence electrons. The van der Waals surface area contributed by atoms with Crippen molar-refractivity contribution >= 4 is 27.5 Å². The first-order chi connectivity index (χ1) is 18.7. The first-order valence-corrected chi connectivity index (χ1v) is 14.6. The number of hydrogen-bond acceptors (Lipinski definition) is 5. The highest BCUT2D eigenvalue weighted by atomic mass is 32.2. The summed E-state index contributed by atoms with van der Waals surface area (Å²) < 4.78 is 34.3. The van der Waals surface area contributed by atoms with E-state index < -0.39 is 28.5 Å². The van der Waals surface area contributed by atoms with Crippen LogP contribution in [0.3, 0.4) is 0 Å². The monoisotopic (exact) mass is 551 g/mol. The SMILES string of the molecule is CCNC(=O)[C@@H](CC)N(Cc1ccccc1C)C(=O)CN(c1ccc(OCC)cc1)S(=O)(=O)c1ccccc1. The maximum absolute atomic E-state index is 14.0. The molecule has 1 N–H and O–H groups in total. The van der Waals surface area contributed by atoms with Gasteiger partial charge in [0.2, 0.25) is 11.8 Å². The number of anilines is 1. The minimum Gasteiger partial charge on any atom is -0.494 e. The minimum absolute atomic E-state index is 0.0629. The molecule has 0 aliphatic carbocycles. The molecule has 0 bridgehead atoms. The van der Waals surface area contributed by atoms with E-state index in [1.807, 2.05) is 52.0 Å². The molecular formula is C30H37N3O5S. The third-order valence-corrected chi connectivity index (χ3v) is 8.17. The lowest BCUT2D eigenvalue weighted by molar-refractivity contribution is -0.140. The highest BCUT2D eigenvalue weighted by molar-refractivity contribution is 7.92. The second-order valence-corrected chi connectivity index (χ2v) is 10.9. The maximum Gasteiger partial charge on any atom is 0.264 e. The number of amides is 2. The summed E-state index contributed by atoms with van der Waals surface area (Å²) in [4.78, 5) is 28.6. The van der Waals surface area contributed by atoms with E-state index in [4.69, 9.17) is 4.74 Å². The summed E-state index contributed by atoms with van der Waals surface area (Å²) in [7, 11) is -4.11.